The average Bonchev–Trinajstić information content (AvgIpc) is 2.45. The summed E-state index contributed by atoms with van der Waals surface area (Å²) in [5.74, 6) is -0.0365. The second-order valence-electron chi connectivity index (χ2n) is 4.64. The van der Waals surface area contributed by atoms with Crippen molar-refractivity contribution in [3.05, 3.63) is 45.8 Å². The lowest BCUT2D eigenvalue weighted by atomic mass is 10.1. The molecule has 0 unspecified atom stereocenters. The van der Waals surface area contributed by atoms with Gasteiger partial charge in [0.2, 0.25) is 0 Å². The number of carbonyl (C=O) groups is 1. The van der Waals surface area contributed by atoms with Crippen LogP contribution in [0.3, 0.4) is 0 Å². The van der Waals surface area contributed by atoms with Gasteiger partial charge < -0.3 is 15.1 Å². The fraction of sp³-hybridized carbons (Fsp3) is 0.333. The number of fused-ring (bicyclic) bond motifs is 1. The summed E-state index contributed by atoms with van der Waals surface area (Å²) in [6, 6.07) is 7.40. The molecule has 1 aromatic carbocycles. The Kier molecular flexibility index (Phi) is 4.53. The van der Waals surface area contributed by atoms with Crippen LogP contribution in [0, 0.1) is 0 Å². The maximum atomic E-state index is 11.6. The van der Waals surface area contributed by atoms with E-state index in [1.807, 2.05) is 23.5 Å². The van der Waals surface area contributed by atoms with E-state index < -0.39 is 0 Å². The summed E-state index contributed by atoms with van der Waals surface area (Å²) >= 11 is 0. The summed E-state index contributed by atoms with van der Waals surface area (Å²) in [4.78, 5) is 22.8. The average molecular weight is 275 g/mol. The number of nitrogens with one attached hydrogen (secondary N) is 1. The topological polar surface area (TPSA) is 75.9 Å². The van der Waals surface area contributed by atoms with Crippen LogP contribution in [-0.2, 0) is 17.8 Å². The van der Waals surface area contributed by atoms with Crippen molar-refractivity contribution in [3.63, 3.8) is 0 Å². The number of hydrogen-bond donors (Lipinski definition) is 2. The molecular weight excluding hydrogens is 256 g/mol. The molecule has 0 saturated heterocycles. The third kappa shape index (κ3) is 3.24. The van der Waals surface area contributed by atoms with Gasteiger partial charge in [0.15, 0.2) is 6.54 Å². The minimum atomic E-state index is -0.353. The highest BCUT2D eigenvalue weighted by atomic mass is 16.4. The lowest BCUT2D eigenvalue weighted by Gasteiger charge is -2.06. The largest absolute Gasteiger partial charge is 0.423 e. The molecule has 2 aromatic rings. The second-order valence-corrected chi connectivity index (χ2v) is 4.64. The molecule has 0 bridgehead atoms. The van der Waals surface area contributed by atoms with E-state index in [9.17, 15) is 9.59 Å². The predicted octanol–water partition coefficient (Wildman–Crippen LogP) is 0.165. The van der Waals surface area contributed by atoms with Gasteiger partial charge in [-0.15, -0.1) is 0 Å². The summed E-state index contributed by atoms with van der Waals surface area (Å²) in [7, 11) is 1.61. The molecule has 0 aliphatic carbocycles. The number of amides is 1. The molecular formula is C15H19N2O3+. The lowest BCUT2D eigenvalue weighted by Crippen LogP contribution is -2.85. The van der Waals surface area contributed by atoms with Gasteiger partial charge in [0, 0.05) is 24.1 Å². The molecule has 2 rings (SSSR count). The van der Waals surface area contributed by atoms with E-state index in [2.05, 4.69) is 12.2 Å². The van der Waals surface area contributed by atoms with Crippen LogP contribution in [0.4, 0.5) is 0 Å². The standard InChI is InChI=1S/C15H18N2O3/c1-3-10-4-5-12-11(8-17-9-14(18)16-2)7-15(19)20-13(12)6-10/h4-7,17H,3,8-9H2,1-2H3,(H,16,18)/p+1. The van der Waals surface area contributed by atoms with Crippen LogP contribution in [0.25, 0.3) is 11.0 Å². The van der Waals surface area contributed by atoms with Crippen molar-refractivity contribution in [1.29, 1.82) is 0 Å². The van der Waals surface area contributed by atoms with Gasteiger partial charge >= 0.3 is 5.63 Å². The fourth-order valence-electron chi connectivity index (χ4n) is 2.12. The Morgan fingerprint density at radius 1 is 1.35 bits per heavy atom. The van der Waals surface area contributed by atoms with Crippen LogP contribution < -0.4 is 16.3 Å². The molecule has 0 atom stereocenters. The number of quaternary nitrogens is 1. The summed E-state index contributed by atoms with van der Waals surface area (Å²) in [5.41, 5.74) is 2.28. The molecule has 0 aliphatic rings. The fourth-order valence-corrected chi connectivity index (χ4v) is 2.12. The number of carbonyl (C=O) groups excluding carboxylic acids is 1. The normalized spacial score (nSPS) is 10.7. The van der Waals surface area contributed by atoms with Gasteiger partial charge in [-0.25, -0.2) is 4.79 Å². The Balaban J connectivity index is 2.28. The molecule has 1 aromatic heterocycles. The SMILES string of the molecule is CCc1ccc2c(C[NH2+]CC(=O)NC)cc(=O)oc2c1. The summed E-state index contributed by atoms with van der Waals surface area (Å²) in [5, 5.41) is 5.35. The van der Waals surface area contributed by atoms with Gasteiger partial charge in [0.05, 0.1) is 0 Å². The highest BCUT2D eigenvalue weighted by Crippen LogP contribution is 2.18. The van der Waals surface area contributed by atoms with Crippen LogP contribution >= 0.6 is 0 Å². The Morgan fingerprint density at radius 3 is 2.85 bits per heavy atom. The first-order valence-electron chi connectivity index (χ1n) is 6.72. The summed E-state index contributed by atoms with van der Waals surface area (Å²) < 4.78 is 5.24. The number of nitrogens with two attached hydrogens (primary N) is 1. The van der Waals surface area contributed by atoms with Crippen LogP contribution in [-0.4, -0.2) is 19.5 Å². The quantitative estimate of drug-likeness (QED) is 0.764. The second kappa shape index (κ2) is 6.34. The van der Waals surface area contributed by atoms with E-state index in [-0.39, 0.29) is 11.5 Å². The molecule has 1 amide bonds. The van der Waals surface area contributed by atoms with Crippen molar-refractivity contribution in [2.45, 2.75) is 19.9 Å². The van der Waals surface area contributed by atoms with E-state index in [1.165, 1.54) is 6.07 Å². The first-order valence-corrected chi connectivity index (χ1v) is 6.72. The zero-order valence-corrected chi connectivity index (χ0v) is 11.7. The Hall–Kier alpha value is -2.14. The van der Waals surface area contributed by atoms with Gasteiger partial charge in [0.25, 0.3) is 5.91 Å². The maximum absolute atomic E-state index is 11.6. The number of benzene rings is 1. The van der Waals surface area contributed by atoms with Gasteiger partial charge in [-0.2, -0.15) is 0 Å². The molecule has 3 N–H and O–H groups in total. The third-order valence-electron chi connectivity index (χ3n) is 3.28. The highest BCUT2D eigenvalue weighted by molar-refractivity contribution is 5.80. The molecule has 106 valence electrons. The number of likely N-dealkylation sites (N-methyl/N-ethyl adjacent to an activating group) is 1. The molecule has 0 fully saturated rings. The number of hydrogen-bond acceptors (Lipinski definition) is 3. The maximum Gasteiger partial charge on any atom is 0.336 e. The van der Waals surface area contributed by atoms with E-state index in [0.29, 0.717) is 18.7 Å². The highest BCUT2D eigenvalue weighted by Gasteiger charge is 2.08. The zero-order valence-electron chi connectivity index (χ0n) is 11.7. The van der Waals surface area contributed by atoms with Crippen molar-refractivity contribution in [2.24, 2.45) is 0 Å². The molecule has 0 saturated carbocycles. The van der Waals surface area contributed by atoms with Gasteiger partial charge in [0.1, 0.15) is 12.1 Å². The van der Waals surface area contributed by atoms with Crippen LogP contribution in [0.2, 0.25) is 0 Å². The molecule has 0 spiro atoms. The first-order chi connectivity index (χ1) is 9.63. The van der Waals surface area contributed by atoms with Gasteiger partial charge in [-0.3, -0.25) is 4.79 Å². The predicted molar refractivity (Wildman–Crippen MR) is 76.4 cm³/mol. The lowest BCUT2D eigenvalue weighted by molar-refractivity contribution is -0.659. The Morgan fingerprint density at radius 2 is 2.15 bits per heavy atom. The smallest absolute Gasteiger partial charge is 0.336 e. The summed E-state index contributed by atoms with van der Waals surface area (Å²) in [6.07, 6.45) is 0.896. The Labute approximate surface area is 117 Å². The number of rotatable bonds is 5. The Bertz CT molecular complexity index is 676. The molecule has 0 aliphatic heterocycles. The number of aryl methyl sites for hydroxylation is 1. The first kappa shape index (κ1) is 14.3. The molecule has 5 nitrogen and oxygen atoms in total. The molecule has 20 heavy (non-hydrogen) atoms. The van der Waals surface area contributed by atoms with Crippen molar-refractivity contribution < 1.29 is 14.5 Å². The summed E-state index contributed by atoms with van der Waals surface area (Å²) in [6.45, 7) is 2.96. The monoisotopic (exact) mass is 275 g/mol. The van der Waals surface area contributed by atoms with Crippen LogP contribution in [0.5, 0.6) is 0 Å². The zero-order chi connectivity index (χ0) is 14.5. The van der Waals surface area contributed by atoms with E-state index in [4.69, 9.17) is 4.42 Å². The molecule has 5 heteroatoms. The van der Waals surface area contributed by atoms with Crippen molar-refractivity contribution >= 4 is 16.9 Å². The minimum absolute atomic E-state index is 0.0365. The van der Waals surface area contributed by atoms with E-state index in [0.717, 1.165) is 22.9 Å². The third-order valence-corrected chi connectivity index (χ3v) is 3.28. The van der Waals surface area contributed by atoms with Gasteiger partial charge in [-0.1, -0.05) is 19.1 Å². The van der Waals surface area contributed by atoms with Gasteiger partial charge in [-0.05, 0) is 18.1 Å². The van der Waals surface area contributed by atoms with E-state index >= 15 is 0 Å². The van der Waals surface area contributed by atoms with Crippen molar-refractivity contribution in [3.8, 4) is 0 Å². The molecule has 0 radical (unpaired) electrons. The molecule has 1 heterocycles. The van der Waals surface area contributed by atoms with Crippen molar-refractivity contribution in [2.75, 3.05) is 13.6 Å². The minimum Gasteiger partial charge on any atom is -0.423 e. The van der Waals surface area contributed by atoms with Crippen LogP contribution in [0.1, 0.15) is 18.1 Å². The van der Waals surface area contributed by atoms with Crippen molar-refractivity contribution in [1.82, 2.24) is 5.32 Å². The van der Waals surface area contributed by atoms with Crippen LogP contribution in [0.15, 0.2) is 33.5 Å². The van der Waals surface area contributed by atoms with E-state index in [1.54, 1.807) is 7.05 Å².